The van der Waals surface area contributed by atoms with Crippen molar-refractivity contribution >= 4 is 5.69 Å². The molecule has 0 atom stereocenters. The second kappa shape index (κ2) is 5.54. The van der Waals surface area contributed by atoms with Crippen molar-refractivity contribution in [3.8, 4) is 5.69 Å². The number of methoxy groups -OCH3 is 1. The largest absolute Gasteiger partial charge is 0.393 e. The van der Waals surface area contributed by atoms with Crippen molar-refractivity contribution in [1.29, 1.82) is 0 Å². The zero-order valence-corrected chi connectivity index (χ0v) is 12.4. The molecule has 5 nitrogen and oxygen atoms in total. The third-order valence-electron chi connectivity index (χ3n) is 3.32. The van der Waals surface area contributed by atoms with Gasteiger partial charge in [0.25, 0.3) is 5.56 Å². The van der Waals surface area contributed by atoms with Gasteiger partial charge >= 0.3 is 0 Å². The Hall–Kier alpha value is -2.01. The number of nitrogens with zero attached hydrogens (tertiary/aromatic N) is 2. The van der Waals surface area contributed by atoms with E-state index in [0.717, 1.165) is 22.5 Å². The number of benzene rings is 1. The number of nitrogen functional groups attached to an aromatic ring is 1. The molecule has 5 heteroatoms. The zero-order valence-electron chi connectivity index (χ0n) is 12.4. The number of aromatic nitrogens is 2. The van der Waals surface area contributed by atoms with Gasteiger partial charge in [0.15, 0.2) is 0 Å². The van der Waals surface area contributed by atoms with Crippen molar-refractivity contribution in [2.45, 2.75) is 33.9 Å². The van der Waals surface area contributed by atoms with Crippen molar-refractivity contribution in [2.75, 3.05) is 12.8 Å². The molecule has 0 amide bonds. The summed E-state index contributed by atoms with van der Waals surface area (Å²) in [6.07, 6.45) is 0. The van der Waals surface area contributed by atoms with E-state index in [0.29, 0.717) is 13.2 Å². The van der Waals surface area contributed by atoms with Crippen LogP contribution in [0.3, 0.4) is 0 Å². The van der Waals surface area contributed by atoms with E-state index in [1.165, 1.54) is 0 Å². The zero-order chi connectivity index (χ0) is 14.9. The quantitative estimate of drug-likeness (QED) is 0.928. The summed E-state index contributed by atoms with van der Waals surface area (Å²) in [4.78, 5) is 12.4. The van der Waals surface area contributed by atoms with Gasteiger partial charge in [0.1, 0.15) is 5.69 Å². The third kappa shape index (κ3) is 2.36. The highest BCUT2D eigenvalue weighted by molar-refractivity contribution is 5.47. The van der Waals surface area contributed by atoms with Crippen molar-refractivity contribution in [1.82, 2.24) is 9.36 Å². The first-order valence-electron chi connectivity index (χ1n) is 6.67. The van der Waals surface area contributed by atoms with E-state index >= 15 is 0 Å². The predicted molar refractivity (Wildman–Crippen MR) is 80.3 cm³/mol. The lowest BCUT2D eigenvalue weighted by molar-refractivity contribution is 0.176. The Balaban J connectivity index is 2.73. The van der Waals surface area contributed by atoms with Crippen LogP contribution < -0.4 is 11.3 Å². The lowest BCUT2D eigenvalue weighted by Crippen LogP contribution is -2.22. The molecule has 0 saturated carbocycles. The number of aryl methyl sites for hydroxylation is 2. The molecular formula is C15H21N3O2. The molecule has 2 aromatic rings. The van der Waals surface area contributed by atoms with E-state index in [1.807, 2.05) is 37.6 Å². The van der Waals surface area contributed by atoms with E-state index in [9.17, 15) is 4.79 Å². The number of nitrogens with two attached hydrogens (primary N) is 1. The van der Waals surface area contributed by atoms with Crippen molar-refractivity contribution in [3.63, 3.8) is 0 Å². The smallest absolute Gasteiger partial charge is 0.294 e. The van der Waals surface area contributed by atoms with E-state index in [2.05, 4.69) is 6.07 Å². The van der Waals surface area contributed by atoms with Crippen LogP contribution in [0.5, 0.6) is 0 Å². The summed E-state index contributed by atoms with van der Waals surface area (Å²) in [6.45, 7) is 6.99. The molecule has 20 heavy (non-hydrogen) atoms. The Kier molecular flexibility index (Phi) is 3.99. The Morgan fingerprint density at radius 2 is 1.80 bits per heavy atom. The fourth-order valence-electron chi connectivity index (χ4n) is 2.56. The fourth-order valence-corrected chi connectivity index (χ4v) is 2.56. The van der Waals surface area contributed by atoms with Crippen LogP contribution in [0.15, 0.2) is 23.0 Å². The van der Waals surface area contributed by atoms with Gasteiger partial charge in [0, 0.05) is 13.7 Å². The van der Waals surface area contributed by atoms with Gasteiger partial charge in [-0.3, -0.25) is 9.48 Å². The van der Waals surface area contributed by atoms with Crippen LogP contribution in [-0.2, 0) is 17.9 Å². The summed E-state index contributed by atoms with van der Waals surface area (Å²) in [5.74, 6) is 0. The van der Waals surface area contributed by atoms with Gasteiger partial charge < -0.3 is 10.5 Å². The van der Waals surface area contributed by atoms with Gasteiger partial charge in [-0.25, -0.2) is 4.68 Å². The highest BCUT2D eigenvalue weighted by Gasteiger charge is 2.17. The van der Waals surface area contributed by atoms with Crippen molar-refractivity contribution < 1.29 is 4.74 Å². The summed E-state index contributed by atoms with van der Waals surface area (Å²) in [7, 11) is 1.60. The Morgan fingerprint density at radius 3 is 2.30 bits per heavy atom. The van der Waals surface area contributed by atoms with Gasteiger partial charge in [-0.2, -0.15) is 0 Å². The molecule has 1 aromatic carbocycles. The highest BCUT2D eigenvalue weighted by Crippen LogP contribution is 2.17. The SMILES string of the molecule is CCn1c(COC)c(N)c(=O)n1-c1cc(C)cc(C)c1. The third-order valence-corrected chi connectivity index (χ3v) is 3.32. The first-order chi connectivity index (χ1) is 9.49. The number of anilines is 1. The monoisotopic (exact) mass is 275 g/mol. The minimum Gasteiger partial charge on any atom is -0.393 e. The Morgan fingerprint density at radius 1 is 1.20 bits per heavy atom. The number of ether oxygens (including phenoxy) is 1. The maximum absolute atomic E-state index is 12.4. The highest BCUT2D eigenvalue weighted by atomic mass is 16.5. The molecular weight excluding hydrogens is 254 g/mol. The molecule has 0 fully saturated rings. The molecule has 108 valence electrons. The summed E-state index contributed by atoms with van der Waals surface area (Å²) < 4.78 is 8.65. The Labute approximate surface area is 118 Å². The van der Waals surface area contributed by atoms with Gasteiger partial charge in [0.05, 0.1) is 18.0 Å². The van der Waals surface area contributed by atoms with Crippen LogP contribution in [0.4, 0.5) is 5.69 Å². The predicted octanol–water partition coefficient (Wildman–Crippen LogP) is 2.00. The molecule has 0 bridgehead atoms. The Bertz CT molecular complexity index is 663. The molecule has 2 N–H and O–H groups in total. The molecule has 0 saturated heterocycles. The van der Waals surface area contributed by atoms with Crippen LogP contribution in [0.25, 0.3) is 5.69 Å². The van der Waals surface area contributed by atoms with E-state index in [4.69, 9.17) is 10.5 Å². The molecule has 0 radical (unpaired) electrons. The van der Waals surface area contributed by atoms with Crippen LogP contribution in [0, 0.1) is 13.8 Å². The lowest BCUT2D eigenvalue weighted by atomic mass is 10.1. The maximum atomic E-state index is 12.4. The van der Waals surface area contributed by atoms with E-state index in [1.54, 1.807) is 11.8 Å². The molecule has 1 aromatic heterocycles. The van der Waals surface area contributed by atoms with E-state index < -0.39 is 0 Å². The minimum absolute atomic E-state index is 0.191. The molecule has 0 spiro atoms. The number of hydrogen-bond donors (Lipinski definition) is 1. The van der Waals surface area contributed by atoms with Crippen LogP contribution in [-0.4, -0.2) is 16.5 Å². The van der Waals surface area contributed by atoms with Crippen LogP contribution >= 0.6 is 0 Å². The molecule has 0 aliphatic rings. The fraction of sp³-hybridized carbons (Fsp3) is 0.400. The summed E-state index contributed by atoms with van der Waals surface area (Å²) in [5.41, 5.74) is 9.80. The van der Waals surface area contributed by atoms with E-state index in [-0.39, 0.29) is 11.2 Å². The lowest BCUT2D eigenvalue weighted by Gasteiger charge is -2.13. The summed E-state index contributed by atoms with van der Waals surface area (Å²) >= 11 is 0. The number of hydrogen-bond acceptors (Lipinski definition) is 3. The summed E-state index contributed by atoms with van der Waals surface area (Å²) in [5, 5.41) is 0. The summed E-state index contributed by atoms with van der Waals surface area (Å²) in [6, 6.07) is 6.04. The topological polar surface area (TPSA) is 62.2 Å². The van der Waals surface area contributed by atoms with Gasteiger partial charge in [-0.05, 0) is 44.0 Å². The van der Waals surface area contributed by atoms with Gasteiger partial charge in [0.2, 0.25) is 0 Å². The van der Waals surface area contributed by atoms with Crippen molar-refractivity contribution in [3.05, 3.63) is 45.4 Å². The normalized spacial score (nSPS) is 11.0. The van der Waals surface area contributed by atoms with Gasteiger partial charge in [-0.15, -0.1) is 0 Å². The molecule has 0 aliphatic heterocycles. The first kappa shape index (κ1) is 14.4. The van der Waals surface area contributed by atoms with Crippen LogP contribution in [0.2, 0.25) is 0 Å². The number of rotatable bonds is 4. The standard InChI is InChI=1S/C15H21N3O2/c1-5-17-13(9-20-4)14(16)15(19)18(17)12-7-10(2)6-11(3)8-12/h6-8H,5,9,16H2,1-4H3. The second-order valence-corrected chi connectivity index (χ2v) is 4.97. The molecule has 1 heterocycles. The minimum atomic E-state index is -0.191. The average Bonchev–Trinajstić information content (AvgIpc) is 2.62. The van der Waals surface area contributed by atoms with Crippen molar-refractivity contribution in [2.24, 2.45) is 0 Å². The first-order valence-corrected chi connectivity index (χ1v) is 6.67. The second-order valence-electron chi connectivity index (χ2n) is 4.97. The molecule has 0 unspecified atom stereocenters. The van der Waals surface area contributed by atoms with Gasteiger partial charge in [-0.1, -0.05) is 6.07 Å². The van der Waals surface area contributed by atoms with Crippen LogP contribution in [0.1, 0.15) is 23.7 Å². The molecule has 2 rings (SSSR count). The molecule has 0 aliphatic carbocycles. The average molecular weight is 275 g/mol. The maximum Gasteiger partial charge on any atom is 0.294 e.